The number of benzene rings is 2. The molecule has 0 radical (unpaired) electrons. The Bertz CT molecular complexity index is 1060. The number of carbonyl (C=O) groups excluding carboxylic acids is 3. The Labute approximate surface area is 213 Å². The van der Waals surface area contributed by atoms with Gasteiger partial charge in [0.05, 0.1) is 5.41 Å². The van der Waals surface area contributed by atoms with Crippen molar-refractivity contribution in [3.63, 3.8) is 0 Å². The van der Waals surface area contributed by atoms with Crippen LogP contribution in [0.1, 0.15) is 30.4 Å². The fourth-order valence-electron chi connectivity index (χ4n) is 5.07. The van der Waals surface area contributed by atoms with Crippen molar-refractivity contribution >= 4 is 23.8 Å². The van der Waals surface area contributed by atoms with Gasteiger partial charge in [0, 0.05) is 65.8 Å². The molecule has 2 saturated heterocycles. The summed E-state index contributed by atoms with van der Waals surface area (Å²) in [6, 6.07) is 19.5. The number of piperazine rings is 1. The standard InChI is InChI=1S/C29H35N3O4/c1-36-21-9-16-32-27(34)23-29(28(32)35,25-13-6-3-7-14-25)22-26(33)31-19-17-30(18-20-31)15-8-12-24-10-4-2-5-11-24/h2-8,10-14H,9,15-23H2,1H3/b12-8+/t29-/m1/s1. The van der Waals surface area contributed by atoms with Crippen LogP contribution in [-0.2, 0) is 24.5 Å². The second-order valence-electron chi connectivity index (χ2n) is 9.49. The molecule has 2 aliphatic rings. The number of hydrogen-bond acceptors (Lipinski definition) is 5. The molecular weight excluding hydrogens is 454 g/mol. The monoisotopic (exact) mass is 489 g/mol. The molecule has 0 saturated carbocycles. The number of methoxy groups -OCH3 is 1. The van der Waals surface area contributed by atoms with Crippen LogP contribution in [-0.4, -0.2) is 85.4 Å². The van der Waals surface area contributed by atoms with Gasteiger partial charge in [-0.05, 0) is 17.5 Å². The molecule has 7 nitrogen and oxygen atoms in total. The van der Waals surface area contributed by atoms with E-state index < -0.39 is 5.41 Å². The molecule has 0 bridgehead atoms. The van der Waals surface area contributed by atoms with Crippen molar-refractivity contribution in [1.29, 1.82) is 0 Å². The maximum atomic E-state index is 13.6. The van der Waals surface area contributed by atoms with Gasteiger partial charge >= 0.3 is 0 Å². The molecule has 2 fully saturated rings. The van der Waals surface area contributed by atoms with Crippen molar-refractivity contribution in [2.24, 2.45) is 0 Å². The van der Waals surface area contributed by atoms with Crippen molar-refractivity contribution in [1.82, 2.24) is 14.7 Å². The van der Waals surface area contributed by atoms with Crippen LogP contribution in [0.5, 0.6) is 0 Å². The second kappa shape index (κ2) is 12.1. The Kier molecular flexibility index (Phi) is 8.67. The van der Waals surface area contributed by atoms with Gasteiger partial charge in [-0.2, -0.15) is 0 Å². The average molecular weight is 490 g/mol. The molecule has 2 heterocycles. The first-order chi connectivity index (χ1) is 17.5. The maximum absolute atomic E-state index is 13.6. The summed E-state index contributed by atoms with van der Waals surface area (Å²) in [7, 11) is 1.60. The highest BCUT2D eigenvalue weighted by Crippen LogP contribution is 2.40. The summed E-state index contributed by atoms with van der Waals surface area (Å²) in [4.78, 5) is 45.4. The Morgan fingerprint density at radius 2 is 1.64 bits per heavy atom. The van der Waals surface area contributed by atoms with Gasteiger partial charge in [0.2, 0.25) is 17.7 Å². The molecule has 36 heavy (non-hydrogen) atoms. The van der Waals surface area contributed by atoms with Crippen molar-refractivity contribution in [3.8, 4) is 0 Å². The first-order valence-corrected chi connectivity index (χ1v) is 12.6. The minimum absolute atomic E-state index is 0.0102. The predicted molar refractivity (Wildman–Crippen MR) is 139 cm³/mol. The second-order valence-corrected chi connectivity index (χ2v) is 9.49. The van der Waals surface area contributed by atoms with E-state index in [-0.39, 0.29) is 30.6 Å². The van der Waals surface area contributed by atoms with E-state index in [2.05, 4.69) is 29.2 Å². The number of likely N-dealkylation sites (tertiary alicyclic amines) is 1. The molecule has 0 spiro atoms. The van der Waals surface area contributed by atoms with Crippen LogP contribution in [0.25, 0.3) is 6.08 Å². The summed E-state index contributed by atoms with van der Waals surface area (Å²) in [6.45, 7) is 4.39. The van der Waals surface area contributed by atoms with Crippen LogP contribution in [0.3, 0.4) is 0 Å². The summed E-state index contributed by atoms with van der Waals surface area (Å²) in [6.07, 6.45) is 4.88. The maximum Gasteiger partial charge on any atom is 0.240 e. The van der Waals surface area contributed by atoms with Crippen LogP contribution in [0.2, 0.25) is 0 Å². The van der Waals surface area contributed by atoms with Gasteiger partial charge < -0.3 is 9.64 Å². The first kappa shape index (κ1) is 25.8. The smallest absolute Gasteiger partial charge is 0.240 e. The highest BCUT2D eigenvalue weighted by molar-refractivity contribution is 6.10. The van der Waals surface area contributed by atoms with Gasteiger partial charge in [-0.1, -0.05) is 72.8 Å². The number of imide groups is 1. The van der Waals surface area contributed by atoms with Crippen LogP contribution in [0.15, 0.2) is 66.7 Å². The van der Waals surface area contributed by atoms with Crippen LogP contribution >= 0.6 is 0 Å². The summed E-state index contributed by atoms with van der Waals surface area (Å²) >= 11 is 0. The quantitative estimate of drug-likeness (QED) is 0.379. The number of carbonyl (C=O) groups is 3. The average Bonchev–Trinajstić information content (AvgIpc) is 3.15. The van der Waals surface area contributed by atoms with Gasteiger partial charge in [0.25, 0.3) is 0 Å². The molecule has 2 aliphatic heterocycles. The van der Waals surface area contributed by atoms with E-state index in [0.717, 1.165) is 25.2 Å². The van der Waals surface area contributed by atoms with Gasteiger partial charge in [-0.25, -0.2) is 0 Å². The minimum Gasteiger partial charge on any atom is -0.385 e. The largest absolute Gasteiger partial charge is 0.385 e. The summed E-state index contributed by atoms with van der Waals surface area (Å²) in [5.41, 5.74) is 0.762. The molecule has 2 aromatic rings. The molecular formula is C29H35N3O4. The molecule has 190 valence electrons. The fourth-order valence-corrected chi connectivity index (χ4v) is 5.07. The van der Waals surface area contributed by atoms with E-state index in [1.807, 2.05) is 53.4 Å². The third kappa shape index (κ3) is 5.91. The lowest BCUT2D eigenvalue weighted by molar-refractivity contribution is -0.143. The highest BCUT2D eigenvalue weighted by Gasteiger charge is 2.53. The summed E-state index contributed by atoms with van der Waals surface area (Å²) in [5, 5.41) is 0. The van der Waals surface area contributed by atoms with E-state index >= 15 is 0 Å². The van der Waals surface area contributed by atoms with Crippen LogP contribution < -0.4 is 0 Å². The molecule has 4 rings (SSSR count). The van der Waals surface area contributed by atoms with Crippen LogP contribution in [0, 0.1) is 0 Å². The van der Waals surface area contributed by atoms with Crippen molar-refractivity contribution in [2.75, 3.05) is 53.0 Å². The number of rotatable bonds is 10. The minimum atomic E-state index is -1.14. The molecule has 2 aromatic carbocycles. The Hall–Kier alpha value is -3.29. The van der Waals surface area contributed by atoms with Gasteiger partial charge in [-0.15, -0.1) is 0 Å². The third-order valence-corrected chi connectivity index (χ3v) is 7.12. The normalized spacial score (nSPS) is 21.0. The molecule has 3 amide bonds. The highest BCUT2D eigenvalue weighted by atomic mass is 16.5. The zero-order chi connectivity index (χ0) is 25.4. The summed E-state index contributed by atoms with van der Waals surface area (Å²) < 4.78 is 5.09. The summed E-state index contributed by atoms with van der Waals surface area (Å²) in [5.74, 6) is -0.561. The molecule has 7 heteroatoms. The van der Waals surface area contributed by atoms with Crippen LogP contribution in [0.4, 0.5) is 0 Å². The number of nitrogens with zero attached hydrogens (tertiary/aromatic N) is 3. The van der Waals surface area contributed by atoms with Gasteiger partial charge in [0.1, 0.15) is 0 Å². The lowest BCUT2D eigenvalue weighted by atomic mass is 9.75. The zero-order valence-corrected chi connectivity index (χ0v) is 21.0. The van der Waals surface area contributed by atoms with Crippen molar-refractivity contribution in [3.05, 3.63) is 77.9 Å². The lowest BCUT2D eigenvalue weighted by Crippen LogP contribution is -2.51. The lowest BCUT2D eigenvalue weighted by Gasteiger charge is -2.36. The zero-order valence-electron chi connectivity index (χ0n) is 21.0. The molecule has 0 aliphatic carbocycles. The Balaban J connectivity index is 1.39. The molecule has 0 unspecified atom stereocenters. The number of ether oxygens (including phenoxy) is 1. The van der Waals surface area contributed by atoms with E-state index in [1.165, 1.54) is 10.5 Å². The van der Waals surface area contributed by atoms with E-state index in [0.29, 0.717) is 32.7 Å². The number of hydrogen-bond donors (Lipinski definition) is 0. The van der Waals surface area contributed by atoms with Crippen molar-refractivity contribution < 1.29 is 19.1 Å². The van der Waals surface area contributed by atoms with Crippen molar-refractivity contribution in [2.45, 2.75) is 24.7 Å². The third-order valence-electron chi connectivity index (χ3n) is 7.12. The Morgan fingerprint density at radius 3 is 2.31 bits per heavy atom. The fraction of sp³-hybridized carbons (Fsp3) is 0.414. The van der Waals surface area contributed by atoms with Gasteiger partial charge in [-0.3, -0.25) is 24.2 Å². The Morgan fingerprint density at radius 1 is 0.972 bits per heavy atom. The first-order valence-electron chi connectivity index (χ1n) is 12.6. The molecule has 0 N–H and O–H groups in total. The molecule has 0 aromatic heterocycles. The van der Waals surface area contributed by atoms with Gasteiger partial charge in [0.15, 0.2) is 0 Å². The topological polar surface area (TPSA) is 70.2 Å². The van der Waals surface area contributed by atoms with E-state index in [1.54, 1.807) is 7.11 Å². The van der Waals surface area contributed by atoms with E-state index in [4.69, 9.17) is 4.74 Å². The predicted octanol–water partition coefficient (Wildman–Crippen LogP) is 2.97. The SMILES string of the molecule is COCCCN1C(=O)C[C@](CC(=O)N2CCN(C/C=C/c3ccccc3)CC2)(c2ccccc2)C1=O. The molecule has 1 atom stereocenters. The number of amides is 3. The van der Waals surface area contributed by atoms with E-state index in [9.17, 15) is 14.4 Å².